The topological polar surface area (TPSA) is 29.0 Å². The Morgan fingerprint density at radius 3 is 2.56 bits per heavy atom. The smallest absolute Gasteiger partial charge is 0.163 e. The molecule has 4 heteroatoms. The third-order valence-electron chi connectivity index (χ3n) is 3.53. The van der Waals surface area contributed by atoms with E-state index in [4.69, 9.17) is 16.6 Å². The summed E-state index contributed by atoms with van der Waals surface area (Å²) in [6.07, 6.45) is 2.47. The standard InChI is InChI=1S/C14H16ClN3/c1-9-5-6-11-12(15)10(2)14(17-13(11)16-9)18-7-3-4-8-18/h5-6H,3-4,7-8H2,1-2H3. The highest BCUT2D eigenvalue weighted by Gasteiger charge is 2.19. The number of rotatable bonds is 1. The zero-order chi connectivity index (χ0) is 12.7. The highest BCUT2D eigenvalue weighted by molar-refractivity contribution is 6.36. The summed E-state index contributed by atoms with van der Waals surface area (Å²) >= 11 is 6.46. The van der Waals surface area contributed by atoms with Crippen molar-refractivity contribution >= 4 is 28.5 Å². The molecule has 18 heavy (non-hydrogen) atoms. The van der Waals surface area contributed by atoms with E-state index in [0.717, 1.165) is 46.2 Å². The molecule has 0 saturated carbocycles. The van der Waals surface area contributed by atoms with Gasteiger partial charge < -0.3 is 4.90 Å². The second kappa shape index (κ2) is 4.39. The second-order valence-electron chi connectivity index (χ2n) is 4.89. The molecule has 1 aliphatic rings. The van der Waals surface area contributed by atoms with Gasteiger partial charge in [-0.1, -0.05) is 11.6 Å². The molecular formula is C14H16ClN3. The Balaban J connectivity index is 2.22. The van der Waals surface area contributed by atoms with Gasteiger partial charge in [-0.15, -0.1) is 0 Å². The first-order chi connectivity index (χ1) is 8.66. The zero-order valence-electron chi connectivity index (χ0n) is 10.7. The van der Waals surface area contributed by atoms with Crippen molar-refractivity contribution in [3.63, 3.8) is 0 Å². The molecule has 3 rings (SSSR count). The van der Waals surface area contributed by atoms with Crippen molar-refractivity contribution < 1.29 is 0 Å². The summed E-state index contributed by atoms with van der Waals surface area (Å²) in [6.45, 7) is 6.16. The first-order valence-corrected chi connectivity index (χ1v) is 6.73. The van der Waals surface area contributed by atoms with Gasteiger partial charge in [-0.3, -0.25) is 0 Å². The maximum absolute atomic E-state index is 6.46. The van der Waals surface area contributed by atoms with Crippen LogP contribution in [0.15, 0.2) is 12.1 Å². The molecule has 0 aromatic carbocycles. The van der Waals surface area contributed by atoms with Crippen LogP contribution in [0.2, 0.25) is 5.02 Å². The number of nitrogens with zero attached hydrogens (tertiary/aromatic N) is 3. The molecule has 0 unspecified atom stereocenters. The Morgan fingerprint density at radius 2 is 1.83 bits per heavy atom. The minimum atomic E-state index is 0.757. The molecule has 2 aromatic heterocycles. The lowest BCUT2D eigenvalue weighted by molar-refractivity contribution is 0.932. The number of aromatic nitrogens is 2. The van der Waals surface area contributed by atoms with E-state index in [1.807, 2.05) is 26.0 Å². The Kier molecular flexibility index (Phi) is 2.86. The number of anilines is 1. The van der Waals surface area contributed by atoms with E-state index >= 15 is 0 Å². The number of halogens is 1. The number of fused-ring (bicyclic) bond motifs is 1. The molecule has 3 heterocycles. The predicted octanol–water partition coefficient (Wildman–Crippen LogP) is 3.50. The second-order valence-corrected chi connectivity index (χ2v) is 5.27. The van der Waals surface area contributed by atoms with Gasteiger partial charge in [0.1, 0.15) is 5.82 Å². The molecule has 0 amide bonds. The summed E-state index contributed by atoms with van der Waals surface area (Å²) in [7, 11) is 0. The Bertz CT molecular complexity index is 604. The van der Waals surface area contributed by atoms with Gasteiger partial charge in [0, 0.05) is 29.7 Å². The molecule has 1 aliphatic heterocycles. The van der Waals surface area contributed by atoms with Crippen LogP contribution in [0.3, 0.4) is 0 Å². The fourth-order valence-electron chi connectivity index (χ4n) is 2.52. The maximum Gasteiger partial charge on any atom is 0.163 e. The molecule has 0 atom stereocenters. The SMILES string of the molecule is Cc1ccc2c(Cl)c(C)c(N3CCCC3)nc2n1. The average Bonchev–Trinajstić information content (AvgIpc) is 2.87. The molecule has 2 aromatic rings. The van der Waals surface area contributed by atoms with Crippen LogP contribution in [0, 0.1) is 13.8 Å². The van der Waals surface area contributed by atoms with Crippen molar-refractivity contribution in [2.75, 3.05) is 18.0 Å². The lowest BCUT2D eigenvalue weighted by Crippen LogP contribution is -2.20. The first kappa shape index (κ1) is 11.7. The number of pyridine rings is 2. The van der Waals surface area contributed by atoms with Crippen LogP contribution in [-0.4, -0.2) is 23.1 Å². The van der Waals surface area contributed by atoms with Gasteiger partial charge in [-0.25, -0.2) is 9.97 Å². The van der Waals surface area contributed by atoms with Gasteiger partial charge in [-0.05, 0) is 38.8 Å². The average molecular weight is 262 g/mol. The van der Waals surface area contributed by atoms with Crippen LogP contribution >= 0.6 is 11.6 Å². The van der Waals surface area contributed by atoms with Crippen molar-refractivity contribution in [3.05, 3.63) is 28.4 Å². The Labute approximate surface area is 112 Å². The highest BCUT2D eigenvalue weighted by Crippen LogP contribution is 2.32. The summed E-state index contributed by atoms with van der Waals surface area (Å²) < 4.78 is 0. The Morgan fingerprint density at radius 1 is 1.11 bits per heavy atom. The van der Waals surface area contributed by atoms with Gasteiger partial charge in [0.05, 0.1) is 5.02 Å². The summed E-state index contributed by atoms with van der Waals surface area (Å²) in [5.74, 6) is 1.00. The minimum Gasteiger partial charge on any atom is -0.356 e. The Hall–Kier alpha value is -1.35. The zero-order valence-corrected chi connectivity index (χ0v) is 11.5. The third kappa shape index (κ3) is 1.83. The lowest BCUT2D eigenvalue weighted by Gasteiger charge is -2.20. The summed E-state index contributed by atoms with van der Waals surface area (Å²) in [6, 6.07) is 3.98. The fourth-order valence-corrected chi connectivity index (χ4v) is 2.75. The largest absolute Gasteiger partial charge is 0.356 e. The van der Waals surface area contributed by atoms with E-state index in [-0.39, 0.29) is 0 Å². The molecular weight excluding hydrogens is 246 g/mol. The molecule has 94 valence electrons. The molecule has 3 nitrogen and oxygen atoms in total. The summed E-state index contributed by atoms with van der Waals surface area (Å²) in [4.78, 5) is 11.5. The molecule has 0 bridgehead atoms. The van der Waals surface area contributed by atoms with E-state index in [9.17, 15) is 0 Å². The molecule has 1 fully saturated rings. The number of hydrogen-bond donors (Lipinski definition) is 0. The van der Waals surface area contributed by atoms with Crippen molar-refractivity contribution in [2.45, 2.75) is 26.7 Å². The van der Waals surface area contributed by atoms with E-state index in [1.165, 1.54) is 12.8 Å². The molecule has 0 radical (unpaired) electrons. The number of aryl methyl sites for hydroxylation is 1. The summed E-state index contributed by atoms with van der Waals surface area (Å²) in [5.41, 5.74) is 2.80. The van der Waals surface area contributed by atoms with E-state index in [1.54, 1.807) is 0 Å². The van der Waals surface area contributed by atoms with E-state index in [0.29, 0.717) is 0 Å². The van der Waals surface area contributed by atoms with Gasteiger partial charge >= 0.3 is 0 Å². The van der Waals surface area contributed by atoms with Crippen LogP contribution in [-0.2, 0) is 0 Å². The van der Waals surface area contributed by atoms with Crippen LogP contribution in [0.25, 0.3) is 11.0 Å². The fraction of sp³-hybridized carbons (Fsp3) is 0.429. The molecule has 0 aliphatic carbocycles. The minimum absolute atomic E-state index is 0.757. The van der Waals surface area contributed by atoms with Gasteiger partial charge in [0.15, 0.2) is 5.65 Å². The molecule has 0 spiro atoms. The normalized spacial score (nSPS) is 15.6. The van der Waals surface area contributed by atoms with Crippen molar-refractivity contribution in [3.8, 4) is 0 Å². The van der Waals surface area contributed by atoms with Crippen LogP contribution < -0.4 is 4.90 Å². The quantitative estimate of drug-likeness (QED) is 0.787. The number of hydrogen-bond acceptors (Lipinski definition) is 3. The van der Waals surface area contributed by atoms with Crippen LogP contribution in [0.1, 0.15) is 24.1 Å². The maximum atomic E-state index is 6.46. The van der Waals surface area contributed by atoms with Crippen molar-refractivity contribution in [1.82, 2.24) is 9.97 Å². The van der Waals surface area contributed by atoms with Crippen molar-refractivity contribution in [2.24, 2.45) is 0 Å². The van der Waals surface area contributed by atoms with Gasteiger partial charge in [0.25, 0.3) is 0 Å². The van der Waals surface area contributed by atoms with Gasteiger partial charge in [0.2, 0.25) is 0 Å². The van der Waals surface area contributed by atoms with E-state index in [2.05, 4.69) is 9.88 Å². The predicted molar refractivity (Wildman–Crippen MR) is 75.5 cm³/mol. The van der Waals surface area contributed by atoms with Crippen LogP contribution in [0.4, 0.5) is 5.82 Å². The lowest BCUT2D eigenvalue weighted by atomic mass is 10.2. The van der Waals surface area contributed by atoms with Crippen LogP contribution in [0.5, 0.6) is 0 Å². The van der Waals surface area contributed by atoms with Crippen molar-refractivity contribution in [1.29, 1.82) is 0 Å². The molecule has 0 N–H and O–H groups in total. The highest BCUT2D eigenvalue weighted by atomic mass is 35.5. The third-order valence-corrected chi connectivity index (χ3v) is 4.02. The summed E-state index contributed by atoms with van der Waals surface area (Å²) in [5, 5.41) is 1.73. The monoisotopic (exact) mass is 261 g/mol. The van der Waals surface area contributed by atoms with Gasteiger partial charge in [-0.2, -0.15) is 0 Å². The van der Waals surface area contributed by atoms with E-state index < -0.39 is 0 Å². The molecule has 1 saturated heterocycles. The first-order valence-electron chi connectivity index (χ1n) is 6.35.